The zero-order valence-corrected chi connectivity index (χ0v) is 11.8. The fourth-order valence-corrected chi connectivity index (χ4v) is 2.80. The molecule has 1 atom stereocenters. The van der Waals surface area contributed by atoms with Crippen LogP contribution in [0.4, 0.5) is 0 Å². The van der Waals surface area contributed by atoms with E-state index in [4.69, 9.17) is 0 Å². The van der Waals surface area contributed by atoms with E-state index in [0.29, 0.717) is 6.42 Å². The molecule has 0 aliphatic carbocycles. The number of aromatic amines is 1. The van der Waals surface area contributed by atoms with Gasteiger partial charge >= 0.3 is 0 Å². The van der Waals surface area contributed by atoms with Crippen LogP contribution in [-0.2, 0) is 4.79 Å². The summed E-state index contributed by atoms with van der Waals surface area (Å²) in [5.41, 5.74) is 3.75. The molecule has 0 saturated carbocycles. The van der Waals surface area contributed by atoms with Crippen molar-refractivity contribution >= 4 is 23.2 Å². The molecule has 0 bridgehead atoms. The Balaban J connectivity index is 1.70. The summed E-state index contributed by atoms with van der Waals surface area (Å²) >= 11 is 0. The molecule has 0 spiro atoms. The minimum Gasteiger partial charge on any atom is -0.337 e. The van der Waals surface area contributed by atoms with Gasteiger partial charge in [-0.2, -0.15) is 5.10 Å². The second-order valence-corrected chi connectivity index (χ2v) is 5.27. The van der Waals surface area contributed by atoms with Crippen molar-refractivity contribution < 1.29 is 4.79 Å². The molecule has 2 heterocycles. The lowest BCUT2D eigenvalue weighted by molar-refractivity contribution is -0.119. The average molecular weight is 290 g/mol. The van der Waals surface area contributed by atoms with Gasteiger partial charge in [0.1, 0.15) is 5.71 Å². The third-order valence-electron chi connectivity index (χ3n) is 3.90. The van der Waals surface area contributed by atoms with E-state index in [9.17, 15) is 4.79 Å². The normalized spacial score (nSPS) is 17.7. The number of imidazole rings is 1. The Kier molecular flexibility index (Phi) is 2.96. The average Bonchev–Trinajstić information content (AvgIpc) is 3.19. The Bertz CT molecular complexity index is 820. The van der Waals surface area contributed by atoms with Gasteiger partial charge in [0.15, 0.2) is 5.82 Å². The highest BCUT2D eigenvalue weighted by molar-refractivity contribution is 6.01. The second-order valence-electron chi connectivity index (χ2n) is 5.27. The molecule has 0 saturated heterocycles. The van der Waals surface area contributed by atoms with Crippen molar-refractivity contribution in [2.75, 3.05) is 0 Å². The van der Waals surface area contributed by atoms with Gasteiger partial charge in [-0.3, -0.25) is 4.79 Å². The molecule has 108 valence electrons. The molecular formula is C17H14N4O. The highest BCUT2D eigenvalue weighted by Gasteiger charge is 2.29. The number of para-hydroxylation sites is 2. The SMILES string of the molecule is O=CN1N=C(c2nc3ccccc3[nH]2)CC1c1ccccc1. The van der Waals surface area contributed by atoms with E-state index in [2.05, 4.69) is 15.1 Å². The molecule has 0 fully saturated rings. The molecule has 1 unspecified atom stereocenters. The molecule has 1 amide bonds. The number of hydrazone groups is 1. The lowest BCUT2D eigenvalue weighted by Crippen LogP contribution is -2.17. The van der Waals surface area contributed by atoms with Gasteiger partial charge in [0.05, 0.1) is 17.1 Å². The van der Waals surface area contributed by atoms with Gasteiger partial charge in [0.25, 0.3) is 0 Å². The smallest absolute Gasteiger partial charge is 0.230 e. The summed E-state index contributed by atoms with van der Waals surface area (Å²) in [4.78, 5) is 19.2. The second kappa shape index (κ2) is 5.11. The van der Waals surface area contributed by atoms with Crippen molar-refractivity contribution in [2.45, 2.75) is 12.5 Å². The molecule has 1 aliphatic heterocycles. The number of hydrogen-bond acceptors (Lipinski definition) is 3. The van der Waals surface area contributed by atoms with Crippen molar-refractivity contribution in [3.63, 3.8) is 0 Å². The number of carbonyl (C=O) groups is 1. The van der Waals surface area contributed by atoms with Crippen molar-refractivity contribution in [3.05, 3.63) is 66.0 Å². The number of fused-ring (bicyclic) bond motifs is 1. The molecule has 1 aliphatic rings. The van der Waals surface area contributed by atoms with Crippen LogP contribution in [0.2, 0.25) is 0 Å². The maximum atomic E-state index is 11.3. The van der Waals surface area contributed by atoms with Gasteiger partial charge in [-0.25, -0.2) is 9.99 Å². The Morgan fingerprint density at radius 1 is 1.09 bits per heavy atom. The molecule has 1 aromatic heterocycles. The third kappa shape index (κ3) is 2.07. The number of nitrogens with one attached hydrogen (secondary N) is 1. The van der Waals surface area contributed by atoms with Crippen LogP contribution in [0.15, 0.2) is 59.7 Å². The van der Waals surface area contributed by atoms with E-state index in [1.165, 1.54) is 5.01 Å². The van der Waals surface area contributed by atoms with Crippen LogP contribution in [0, 0.1) is 0 Å². The summed E-state index contributed by atoms with van der Waals surface area (Å²) in [6, 6.07) is 17.7. The summed E-state index contributed by atoms with van der Waals surface area (Å²) in [7, 11) is 0. The minimum absolute atomic E-state index is 0.0677. The summed E-state index contributed by atoms with van der Waals surface area (Å²) in [6.07, 6.45) is 1.43. The molecule has 0 radical (unpaired) electrons. The number of amides is 1. The van der Waals surface area contributed by atoms with Crippen LogP contribution in [0.3, 0.4) is 0 Å². The number of benzene rings is 2. The monoisotopic (exact) mass is 290 g/mol. The Hall–Kier alpha value is -2.95. The first-order valence-electron chi connectivity index (χ1n) is 7.16. The quantitative estimate of drug-likeness (QED) is 0.754. The number of nitrogens with zero attached hydrogens (tertiary/aromatic N) is 3. The van der Waals surface area contributed by atoms with Crippen LogP contribution in [0.1, 0.15) is 23.9 Å². The van der Waals surface area contributed by atoms with Crippen LogP contribution in [0.5, 0.6) is 0 Å². The summed E-state index contributed by atoms with van der Waals surface area (Å²) in [5, 5.41) is 5.89. The Morgan fingerprint density at radius 2 is 1.86 bits per heavy atom. The zero-order valence-electron chi connectivity index (χ0n) is 11.8. The lowest BCUT2D eigenvalue weighted by atomic mass is 10.0. The van der Waals surface area contributed by atoms with Gasteiger partial charge in [0.2, 0.25) is 6.41 Å². The van der Waals surface area contributed by atoms with Gasteiger partial charge in [-0.1, -0.05) is 42.5 Å². The maximum Gasteiger partial charge on any atom is 0.230 e. The molecule has 3 aromatic rings. The van der Waals surface area contributed by atoms with E-state index in [1.807, 2.05) is 54.6 Å². The Labute approximate surface area is 127 Å². The van der Waals surface area contributed by atoms with E-state index < -0.39 is 0 Å². The highest BCUT2D eigenvalue weighted by atomic mass is 16.1. The molecule has 5 heteroatoms. The molecule has 5 nitrogen and oxygen atoms in total. The number of H-pyrrole nitrogens is 1. The minimum atomic E-state index is -0.0677. The Morgan fingerprint density at radius 3 is 2.64 bits per heavy atom. The first-order valence-corrected chi connectivity index (χ1v) is 7.16. The van der Waals surface area contributed by atoms with E-state index in [0.717, 1.165) is 34.5 Å². The van der Waals surface area contributed by atoms with Crippen molar-refractivity contribution in [1.82, 2.24) is 15.0 Å². The fraction of sp³-hybridized carbons (Fsp3) is 0.118. The predicted molar refractivity (Wildman–Crippen MR) is 84.3 cm³/mol. The molecule has 4 rings (SSSR count). The predicted octanol–water partition coefficient (Wildman–Crippen LogP) is 2.87. The highest BCUT2D eigenvalue weighted by Crippen LogP contribution is 2.31. The third-order valence-corrected chi connectivity index (χ3v) is 3.90. The first kappa shape index (κ1) is 12.8. The van der Waals surface area contributed by atoms with Gasteiger partial charge < -0.3 is 4.98 Å². The topological polar surface area (TPSA) is 61.4 Å². The zero-order chi connectivity index (χ0) is 14.9. The molecular weight excluding hydrogens is 276 g/mol. The first-order chi connectivity index (χ1) is 10.8. The van der Waals surface area contributed by atoms with E-state index in [1.54, 1.807) is 0 Å². The number of aromatic nitrogens is 2. The van der Waals surface area contributed by atoms with E-state index in [-0.39, 0.29) is 6.04 Å². The fourth-order valence-electron chi connectivity index (χ4n) is 2.80. The van der Waals surface area contributed by atoms with Crippen LogP contribution >= 0.6 is 0 Å². The van der Waals surface area contributed by atoms with Crippen molar-refractivity contribution in [3.8, 4) is 0 Å². The number of carbonyl (C=O) groups excluding carboxylic acids is 1. The van der Waals surface area contributed by atoms with Gasteiger partial charge in [0, 0.05) is 6.42 Å². The molecule has 2 aromatic carbocycles. The largest absolute Gasteiger partial charge is 0.337 e. The summed E-state index contributed by atoms with van der Waals surface area (Å²) in [5.74, 6) is 0.728. The van der Waals surface area contributed by atoms with Crippen LogP contribution in [0.25, 0.3) is 11.0 Å². The van der Waals surface area contributed by atoms with Crippen molar-refractivity contribution in [1.29, 1.82) is 0 Å². The number of hydrogen-bond donors (Lipinski definition) is 1. The standard InChI is InChI=1S/C17H14N4O/c22-11-21-16(12-6-2-1-3-7-12)10-15(20-21)17-18-13-8-4-5-9-14(13)19-17/h1-9,11,16H,10H2,(H,18,19). The molecule has 22 heavy (non-hydrogen) atoms. The maximum absolute atomic E-state index is 11.3. The van der Waals surface area contributed by atoms with Gasteiger partial charge in [-0.15, -0.1) is 0 Å². The summed E-state index contributed by atoms with van der Waals surface area (Å²) in [6.45, 7) is 0. The van der Waals surface area contributed by atoms with Gasteiger partial charge in [-0.05, 0) is 17.7 Å². The van der Waals surface area contributed by atoms with Crippen molar-refractivity contribution in [2.24, 2.45) is 5.10 Å². The molecule has 1 N–H and O–H groups in total. The van der Waals surface area contributed by atoms with E-state index >= 15 is 0 Å². The lowest BCUT2D eigenvalue weighted by Gasteiger charge is -2.16. The van der Waals surface area contributed by atoms with Crippen LogP contribution in [-0.4, -0.2) is 27.1 Å². The summed E-state index contributed by atoms with van der Waals surface area (Å²) < 4.78 is 0. The van der Waals surface area contributed by atoms with Crippen LogP contribution < -0.4 is 0 Å². The number of rotatable bonds is 3.